The second-order valence-corrected chi connectivity index (χ2v) is 9.84. The van der Waals surface area contributed by atoms with Crippen LogP contribution in [-0.2, 0) is 19.6 Å². The van der Waals surface area contributed by atoms with Gasteiger partial charge in [-0.15, -0.1) is 16.4 Å². The molecule has 37 heavy (non-hydrogen) atoms. The average Bonchev–Trinajstić information content (AvgIpc) is 3.58. The highest BCUT2D eigenvalue weighted by Gasteiger charge is 2.26. The van der Waals surface area contributed by atoms with Crippen molar-refractivity contribution in [1.82, 2.24) is 30.1 Å². The minimum absolute atomic E-state index is 0.141. The van der Waals surface area contributed by atoms with Crippen molar-refractivity contribution < 1.29 is 9.13 Å². The van der Waals surface area contributed by atoms with Crippen molar-refractivity contribution in [2.24, 2.45) is 0 Å². The summed E-state index contributed by atoms with van der Waals surface area (Å²) in [7, 11) is 1.60. The van der Waals surface area contributed by atoms with Crippen molar-refractivity contribution in [2.75, 3.05) is 7.11 Å². The van der Waals surface area contributed by atoms with Gasteiger partial charge in [0.1, 0.15) is 11.6 Å². The fourth-order valence-electron chi connectivity index (χ4n) is 4.50. The third-order valence-electron chi connectivity index (χ3n) is 6.37. The summed E-state index contributed by atoms with van der Waals surface area (Å²) in [6, 6.07) is 17.9. The molecule has 3 heterocycles. The maximum atomic E-state index is 13.4. The number of rotatable bonds is 10. The molecule has 2 aromatic carbocycles. The van der Waals surface area contributed by atoms with Crippen molar-refractivity contribution in [2.45, 2.75) is 39.0 Å². The number of methoxy groups -OCH3 is 1. The van der Waals surface area contributed by atoms with Crippen LogP contribution in [0.4, 0.5) is 4.39 Å². The van der Waals surface area contributed by atoms with E-state index in [0.29, 0.717) is 36.8 Å². The number of thiophene rings is 1. The molecule has 5 rings (SSSR count). The first-order valence-corrected chi connectivity index (χ1v) is 12.9. The number of benzene rings is 2. The molecular formula is C27H27FN6O2S. The number of nitrogens with zero attached hydrogens (tertiary/aromatic N) is 5. The molecule has 0 fully saturated rings. The molecule has 0 aliphatic carbocycles. The molecule has 0 spiro atoms. The number of nitrogens with one attached hydrogen (secondary N) is 1. The Bertz CT molecular complexity index is 1530. The minimum Gasteiger partial charge on any atom is -0.497 e. The summed E-state index contributed by atoms with van der Waals surface area (Å²) in [5, 5.41) is 15.5. The number of ether oxygens (including phenoxy) is 1. The molecule has 0 amide bonds. The van der Waals surface area contributed by atoms with Crippen LogP contribution in [0.3, 0.4) is 0 Å². The summed E-state index contributed by atoms with van der Waals surface area (Å²) < 4.78 is 20.4. The molecule has 3 aromatic heterocycles. The van der Waals surface area contributed by atoms with Gasteiger partial charge in [0, 0.05) is 29.6 Å². The normalized spacial score (nSPS) is 12.3. The Balaban J connectivity index is 1.49. The van der Waals surface area contributed by atoms with Crippen LogP contribution in [0.25, 0.3) is 10.9 Å². The fourth-order valence-corrected chi connectivity index (χ4v) is 5.23. The second kappa shape index (κ2) is 11.0. The Morgan fingerprint density at radius 2 is 1.97 bits per heavy atom. The highest BCUT2D eigenvalue weighted by Crippen LogP contribution is 2.28. The number of hydrogen-bond donors (Lipinski definition) is 1. The Kier molecular flexibility index (Phi) is 7.38. The standard InChI is InChI=1S/C27H27FN6O2S/c1-3-25(26-30-31-32-34(26)15-18-6-9-21(28)10-7-18)33(17-23-5-4-12-37-23)16-20-13-19-8-11-22(36-2)14-24(19)29-27(20)35/h4-14,25H,3,15-17H2,1-2H3,(H,29,35)/t25-/m1/s1. The number of hydrogen-bond acceptors (Lipinski definition) is 7. The van der Waals surface area contributed by atoms with E-state index in [1.807, 2.05) is 35.7 Å². The number of pyridine rings is 1. The SMILES string of the molecule is CC[C@H](c1nnnn1Cc1ccc(F)cc1)N(Cc1cccs1)Cc1cc2ccc(OC)cc2[nH]c1=O. The van der Waals surface area contributed by atoms with Crippen LogP contribution in [-0.4, -0.2) is 37.2 Å². The van der Waals surface area contributed by atoms with E-state index in [1.54, 1.807) is 35.3 Å². The lowest BCUT2D eigenvalue weighted by atomic mass is 10.1. The topological polar surface area (TPSA) is 88.9 Å². The quantitative estimate of drug-likeness (QED) is 0.282. The molecular weight excluding hydrogens is 491 g/mol. The molecule has 0 saturated carbocycles. The van der Waals surface area contributed by atoms with E-state index in [-0.39, 0.29) is 17.4 Å². The van der Waals surface area contributed by atoms with Gasteiger partial charge < -0.3 is 9.72 Å². The zero-order valence-corrected chi connectivity index (χ0v) is 21.4. The molecule has 0 aliphatic heterocycles. The third kappa shape index (κ3) is 5.60. The highest BCUT2D eigenvalue weighted by molar-refractivity contribution is 7.09. The van der Waals surface area contributed by atoms with Gasteiger partial charge in [0.15, 0.2) is 5.82 Å². The average molecular weight is 519 g/mol. The monoisotopic (exact) mass is 518 g/mol. The Labute approximate surface area is 217 Å². The molecule has 0 aliphatic rings. The molecule has 1 atom stereocenters. The predicted octanol–water partition coefficient (Wildman–Crippen LogP) is 4.93. The zero-order valence-electron chi connectivity index (χ0n) is 20.6. The fraction of sp³-hybridized carbons (Fsp3) is 0.259. The van der Waals surface area contributed by atoms with E-state index < -0.39 is 0 Å². The van der Waals surface area contributed by atoms with Gasteiger partial charge in [0.2, 0.25) is 0 Å². The predicted molar refractivity (Wildman–Crippen MR) is 141 cm³/mol. The van der Waals surface area contributed by atoms with E-state index in [4.69, 9.17) is 4.74 Å². The summed E-state index contributed by atoms with van der Waals surface area (Å²) in [4.78, 5) is 19.5. The minimum atomic E-state index is -0.284. The third-order valence-corrected chi connectivity index (χ3v) is 7.23. The van der Waals surface area contributed by atoms with Gasteiger partial charge >= 0.3 is 0 Å². The van der Waals surface area contributed by atoms with Crippen LogP contribution in [0.15, 0.2) is 70.8 Å². The van der Waals surface area contributed by atoms with Gasteiger partial charge in [-0.1, -0.05) is 25.1 Å². The molecule has 0 unspecified atom stereocenters. The Morgan fingerprint density at radius 1 is 1.14 bits per heavy atom. The van der Waals surface area contributed by atoms with Crippen molar-refractivity contribution in [3.63, 3.8) is 0 Å². The number of H-pyrrole nitrogens is 1. The van der Waals surface area contributed by atoms with Crippen LogP contribution in [0.2, 0.25) is 0 Å². The molecule has 190 valence electrons. The number of tetrazole rings is 1. The molecule has 1 N–H and O–H groups in total. The van der Waals surface area contributed by atoms with E-state index in [0.717, 1.165) is 22.9 Å². The lowest BCUT2D eigenvalue weighted by molar-refractivity contribution is 0.163. The Hall–Kier alpha value is -3.89. The maximum absolute atomic E-state index is 13.4. The first-order chi connectivity index (χ1) is 18.0. The first-order valence-electron chi connectivity index (χ1n) is 12.0. The summed E-state index contributed by atoms with van der Waals surface area (Å²) in [6.45, 7) is 3.56. The molecule has 0 radical (unpaired) electrons. The molecule has 10 heteroatoms. The number of aromatic nitrogens is 5. The van der Waals surface area contributed by atoms with Crippen LogP contribution < -0.4 is 10.3 Å². The lowest BCUT2D eigenvalue weighted by Crippen LogP contribution is -2.32. The van der Waals surface area contributed by atoms with Crippen LogP contribution in [0.5, 0.6) is 5.75 Å². The Morgan fingerprint density at radius 3 is 2.70 bits per heavy atom. The van der Waals surface area contributed by atoms with E-state index >= 15 is 0 Å². The van der Waals surface area contributed by atoms with Crippen molar-refractivity contribution in [3.8, 4) is 5.75 Å². The van der Waals surface area contributed by atoms with Crippen molar-refractivity contribution >= 4 is 22.2 Å². The van der Waals surface area contributed by atoms with Crippen molar-refractivity contribution in [1.29, 1.82) is 0 Å². The smallest absolute Gasteiger partial charge is 0.252 e. The van der Waals surface area contributed by atoms with E-state index in [1.165, 1.54) is 17.0 Å². The first kappa shape index (κ1) is 24.8. The van der Waals surface area contributed by atoms with Gasteiger partial charge in [-0.25, -0.2) is 9.07 Å². The van der Waals surface area contributed by atoms with Gasteiger partial charge in [0.05, 0.1) is 25.2 Å². The van der Waals surface area contributed by atoms with Gasteiger partial charge in [0.25, 0.3) is 5.56 Å². The van der Waals surface area contributed by atoms with Crippen LogP contribution in [0.1, 0.15) is 41.2 Å². The molecule has 5 aromatic rings. The molecule has 0 bridgehead atoms. The summed E-state index contributed by atoms with van der Waals surface area (Å²) >= 11 is 1.67. The summed E-state index contributed by atoms with van der Waals surface area (Å²) in [5.74, 6) is 1.10. The molecule has 8 nitrogen and oxygen atoms in total. The summed E-state index contributed by atoms with van der Waals surface area (Å²) in [6.07, 6.45) is 0.734. The zero-order chi connectivity index (χ0) is 25.8. The number of halogens is 1. The van der Waals surface area contributed by atoms with Gasteiger partial charge in [-0.3, -0.25) is 9.69 Å². The van der Waals surface area contributed by atoms with Crippen LogP contribution in [0, 0.1) is 5.82 Å². The van der Waals surface area contributed by atoms with Crippen molar-refractivity contribution in [3.05, 3.63) is 104 Å². The molecule has 0 saturated heterocycles. The van der Waals surface area contributed by atoms with Crippen LogP contribution >= 0.6 is 11.3 Å². The summed E-state index contributed by atoms with van der Waals surface area (Å²) in [5.41, 5.74) is 2.15. The van der Waals surface area contributed by atoms with Gasteiger partial charge in [-0.2, -0.15) is 0 Å². The number of aromatic amines is 1. The maximum Gasteiger partial charge on any atom is 0.252 e. The van der Waals surface area contributed by atoms with E-state index in [9.17, 15) is 9.18 Å². The lowest BCUT2D eigenvalue weighted by Gasteiger charge is -2.30. The number of fused-ring (bicyclic) bond motifs is 1. The van der Waals surface area contributed by atoms with E-state index in [2.05, 4.69) is 38.4 Å². The highest BCUT2D eigenvalue weighted by atomic mass is 32.1. The van der Waals surface area contributed by atoms with Gasteiger partial charge in [-0.05, 0) is 69.6 Å². The second-order valence-electron chi connectivity index (χ2n) is 8.81. The largest absolute Gasteiger partial charge is 0.497 e.